The largest absolute Gasteiger partial charge is 0.298 e. The van der Waals surface area contributed by atoms with Gasteiger partial charge in [0.15, 0.2) is 0 Å². The molecule has 2 rings (SSSR count). The van der Waals surface area contributed by atoms with Crippen LogP contribution in [0.2, 0.25) is 0 Å². The number of aryl methyl sites for hydroxylation is 1. The molecule has 2 N–H and O–H groups in total. The maximum atomic E-state index is 11.8. The van der Waals surface area contributed by atoms with E-state index in [4.69, 9.17) is 0 Å². The number of hydrogen-bond acceptors (Lipinski definition) is 4. The Morgan fingerprint density at radius 2 is 1.84 bits per heavy atom. The van der Waals surface area contributed by atoms with Gasteiger partial charge >= 0.3 is 0 Å². The molecule has 2 aromatic carbocycles. The number of nitroso groups, excluding NO2 is 1. The lowest BCUT2D eigenvalue weighted by Gasteiger charge is -2.09. The van der Waals surface area contributed by atoms with Crippen LogP contribution in [0.3, 0.4) is 0 Å². The van der Waals surface area contributed by atoms with Crippen LogP contribution in [0.15, 0.2) is 53.7 Å². The van der Waals surface area contributed by atoms with Gasteiger partial charge in [0.1, 0.15) is 5.69 Å². The van der Waals surface area contributed by atoms with Crippen molar-refractivity contribution in [2.45, 2.75) is 6.92 Å². The van der Waals surface area contributed by atoms with E-state index in [1.807, 2.05) is 6.07 Å². The molecular formula is C14H13N3O2. The van der Waals surface area contributed by atoms with Crippen LogP contribution in [0.4, 0.5) is 11.4 Å². The van der Waals surface area contributed by atoms with Crippen LogP contribution in [0.25, 0.3) is 0 Å². The number of benzene rings is 2. The van der Waals surface area contributed by atoms with Crippen LogP contribution in [0.1, 0.15) is 15.9 Å². The highest BCUT2D eigenvalue weighted by Crippen LogP contribution is 2.21. The summed E-state index contributed by atoms with van der Waals surface area (Å²) < 4.78 is 0. The summed E-state index contributed by atoms with van der Waals surface area (Å²) in [5.74, 6) is -0.226. The molecule has 96 valence electrons. The third kappa shape index (κ3) is 3.16. The number of carbonyl (C=O) groups is 1. The molecule has 0 atom stereocenters. The summed E-state index contributed by atoms with van der Waals surface area (Å²) in [7, 11) is 0. The summed E-state index contributed by atoms with van der Waals surface area (Å²) in [6.45, 7) is 1.78. The second-order valence-corrected chi connectivity index (χ2v) is 4.04. The topological polar surface area (TPSA) is 70.6 Å². The van der Waals surface area contributed by atoms with E-state index < -0.39 is 0 Å². The van der Waals surface area contributed by atoms with E-state index in [0.717, 1.165) is 5.56 Å². The Labute approximate surface area is 110 Å². The maximum Gasteiger partial charge on any atom is 0.269 e. The molecular weight excluding hydrogens is 242 g/mol. The number of amides is 1. The molecule has 0 saturated carbocycles. The van der Waals surface area contributed by atoms with Gasteiger partial charge in [-0.1, -0.05) is 18.2 Å². The van der Waals surface area contributed by atoms with E-state index in [-0.39, 0.29) is 5.91 Å². The fourth-order valence-corrected chi connectivity index (χ4v) is 1.63. The zero-order valence-corrected chi connectivity index (χ0v) is 10.4. The van der Waals surface area contributed by atoms with Crippen LogP contribution < -0.4 is 10.9 Å². The van der Waals surface area contributed by atoms with Gasteiger partial charge in [0, 0.05) is 5.56 Å². The third-order valence-electron chi connectivity index (χ3n) is 2.65. The van der Waals surface area contributed by atoms with Crippen LogP contribution in [0, 0.1) is 11.8 Å². The average molecular weight is 255 g/mol. The number of nitrogens with zero attached hydrogens (tertiary/aromatic N) is 1. The number of anilines is 1. The maximum absolute atomic E-state index is 11.8. The fourth-order valence-electron chi connectivity index (χ4n) is 1.63. The summed E-state index contributed by atoms with van der Waals surface area (Å²) in [6.07, 6.45) is 0. The standard InChI is InChI=1S/C14H13N3O2/c1-10-9-12(7-8-13(10)17-19)15-16-14(18)11-5-3-2-4-6-11/h2-9,15H,1H3,(H,16,18). The average Bonchev–Trinajstić information content (AvgIpc) is 2.46. The molecule has 0 spiro atoms. The first-order chi connectivity index (χ1) is 9.20. The molecule has 0 bridgehead atoms. The zero-order chi connectivity index (χ0) is 13.7. The van der Waals surface area contributed by atoms with E-state index >= 15 is 0 Å². The van der Waals surface area contributed by atoms with E-state index in [9.17, 15) is 9.70 Å². The molecule has 1 amide bonds. The lowest BCUT2D eigenvalue weighted by molar-refractivity contribution is 0.0962. The van der Waals surface area contributed by atoms with Crippen molar-refractivity contribution in [3.8, 4) is 0 Å². The highest BCUT2D eigenvalue weighted by atomic mass is 16.3. The van der Waals surface area contributed by atoms with Crippen molar-refractivity contribution in [2.24, 2.45) is 5.18 Å². The fraction of sp³-hybridized carbons (Fsp3) is 0.0714. The molecule has 19 heavy (non-hydrogen) atoms. The second kappa shape index (κ2) is 5.77. The molecule has 0 radical (unpaired) electrons. The number of nitrogens with one attached hydrogen (secondary N) is 2. The smallest absolute Gasteiger partial charge is 0.269 e. The highest BCUT2D eigenvalue weighted by Gasteiger charge is 2.04. The predicted molar refractivity (Wildman–Crippen MR) is 74.2 cm³/mol. The van der Waals surface area contributed by atoms with Crippen molar-refractivity contribution < 1.29 is 4.79 Å². The molecule has 0 aliphatic heterocycles. The van der Waals surface area contributed by atoms with Gasteiger partial charge in [-0.2, -0.15) is 0 Å². The van der Waals surface area contributed by atoms with Crippen molar-refractivity contribution in [1.82, 2.24) is 5.43 Å². The van der Waals surface area contributed by atoms with Crippen molar-refractivity contribution in [3.05, 3.63) is 64.6 Å². The van der Waals surface area contributed by atoms with Crippen LogP contribution in [-0.4, -0.2) is 5.91 Å². The molecule has 0 heterocycles. The summed E-state index contributed by atoms with van der Waals surface area (Å²) >= 11 is 0. The Morgan fingerprint density at radius 3 is 2.47 bits per heavy atom. The summed E-state index contributed by atoms with van der Waals surface area (Å²) in [6, 6.07) is 13.9. The molecule has 0 fully saturated rings. The number of carbonyl (C=O) groups excluding carboxylic acids is 1. The number of rotatable bonds is 4. The number of hydrogen-bond donors (Lipinski definition) is 2. The van der Waals surface area contributed by atoms with Crippen molar-refractivity contribution >= 4 is 17.3 Å². The predicted octanol–water partition coefficient (Wildman–Crippen LogP) is 3.15. The lowest BCUT2D eigenvalue weighted by atomic mass is 10.2. The lowest BCUT2D eigenvalue weighted by Crippen LogP contribution is -2.29. The van der Waals surface area contributed by atoms with Crippen LogP contribution in [-0.2, 0) is 0 Å². The molecule has 5 heteroatoms. The molecule has 0 saturated heterocycles. The summed E-state index contributed by atoms with van der Waals surface area (Å²) in [5, 5.41) is 2.89. The minimum absolute atomic E-state index is 0.226. The normalized spacial score (nSPS) is 9.74. The molecule has 0 aromatic heterocycles. The molecule has 0 unspecified atom stereocenters. The van der Waals surface area contributed by atoms with Gasteiger partial charge in [-0.15, -0.1) is 4.91 Å². The van der Waals surface area contributed by atoms with Crippen LogP contribution in [0.5, 0.6) is 0 Å². The minimum Gasteiger partial charge on any atom is -0.298 e. The Balaban J connectivity index is 2.01. The Bertz CT molecular complexity index is 597. The van der Waals surface area contributed by atoms with Gasteiger partial charge in [0.2, 0.25) is 0 Å². The Morgan fingerprint density at radius 1 is 1.11 bits per heavy atom. The number of hydrazine groups is 1. The van der Waals surface area contributed by atoms with Gasteiger partial charge in [-0.3, -0.25) is 15.6 Å². The van der Waals surface area contributed by atoms with Gasteiger partial charge in [0.05, 0.1) is 5.69 Å². The van der Waals surface area contributed by atoms with Crippen LogP contribution >= 0.6 is 0 Å². The quantitative estimate of drug-likeness (QED) is 0.651. The SMILES string of the molecule is Cc1cc(NNC(=O)c2ccccc2)ccc1N=O. The zero-order valence-electron chi connectivity index (χ0n) is 10.4. The van der Waals surface area contributed by atoms with Gasteiger partial charge in [0.25, 0.3) is 5.91 Å². The Kier molecular flexibility index (Phi) is 3.87. The first-order valence-corrected chi connectivity index (χ1v) is 5.76. The highest BCUT2D eigenvalue weighted by molar-refractivity contribution is 5.94. The first-order valence-electron chi connectivity index (χ1n) is 5.76. The van der Waals surface area contributed by atoms with E-state index in [1.54, 1.807) is 49.4 Å². The summed E-state index contributed by atoms with van der Waals surface area (Å²) in [5.41, 5.74) is 7.76. The molecule has 2 aromatic rings. The minimum atomic E-state index is -0.226. The third-order valence-corrected chi connectivity index (χ3v) is 2.65. The van der Waals surface area contributed by atoms with Crippen molar-refractivity contribution in [2.75, 3.05) is 5.43 Å². The summed E-state index contributed by atoms with van der Waals surface area (Å²) in [4.78, 5) is 22.2. The van der Waals surface area contributed by atoms with Crippen molar-refractivity contribution in [1.29, 1.82) is 0 Å². The van der Waals surface area contributed by atoms with Crippen molar-refractivity contribution in [3.63, 3.8) is 0 Å². The van der Waals surface area contributed by atoms with E-state index in [1.165, 1.54) is 0 Å². The van der Waals surface area contributed by atoms with Gasteiger partial charge in [-0.25, -0.2) is 0 Å². The van der Waals surface area contributed by atoms with Gasteiger partial charge in [-0.05, 0) is 48.0 Å². The molecule has 5 nitrogen and oxygen atoms in total. The monoisotopic (exact) mass is 255 g/mol. The molecule has 0 aliphatic rings. The first kappa shape index (κ1) is 12.8. The van der Waals surface area contributed by atoms with E-state index in [2.05, 4.69) is 16.0 Å². The molecule has 0 aliphatic carbocycles. The second-order valence-electron chi connectivity index (χ2n) is 4.04. The Hall–Kier alpha value is -2.69. The van der Waals surface area contributed by atoms with Gasteiger partial charge < -0.3 is 0 Å². The van der Waals surface area contributed by atoms with E-state index in [0.29, 0.717) is 16.9 Å².